The van der Waals surface area contributed by atoms with E-state index in [9.17, 15) is 35.1 Å². The molecule has 1 heterocycles. The number of hydrogen-bond donors (Lipinski definition) is 6. The summed E-state index contributed by atoms with van der Waals surface area (Å²) in [5.41, 5.74) is 0. The highest BCUT2D eigenvalue weighted by atomic mass is 16.7. The van der Waals surface area contributed by atoms with Crippen LogP contribution >= 0.6 is 0 Å². The van der Waals surface area contributed by atoms with E-state index in [1.807, 2.05) is 6.08 Å². The molecule has 8 unspecified atom stereocenters. The van der Waals surface area contributed by atoms with Crippen LogP contribution in [-0.2, 0) is 23.8 Å². The van der Waals surface area contributed by atoms with E-state index < -0.39 is 67.4 Å². The van der Waals surface area contributed by atoms with Crippen LogP contribution in [-0.4, -0.2) is 99.6 Å². The number of amides is 1. The summed E-state index contributed by atoms with van der Waals surface area (Å²) in [7, 11) is 0. The zero-order valence-electron chi connectivity index (χ0n) is 45.6. The van der Waals surface area contributed by atoms with Crippen molar-refractivity contribution in [2.75, 3.05) is 13.2 Å². The molecule has 0 bridgehead atoms. The summed E-state index contributed by atoms with van der Waals surface area (Å²) < 4.78 is 17.5. The third-order valence-corrected chi connectivity index (χ3v) is 13.7. The molecule has 6 N–H and O–H groups in total. The Bertz CT molecular complexity index is 1340. The second-order valence-corrected chi connectivity index (χ2v) is 20.4. The molecule has 1 aliphatic heterocycles. The molecule has 11 nitrogen and oxygen atoms in total. The number of rotatable bonds is 49. The first-order valence-corrected chi connectivity index (χ1v) is 29.4. The van der Waals surface area contributed by atoms with Crippen LogP contribution in [0.5, 0.6) is 0 Å². The summed E-state index contributed by atoms with van der Waals surface area (Å²) in [6.45, 7) is 5.73. The highest BCUT2D eigenvalue weighted by Crippen LogP contribution is 2.26. The summed E-state index contributed by atoms with van der Waals surface area (Å²) in [6.07, 6.45) is 47.2. The van der Waals surface area contributed by atoms with Crippen molar-refractivity contribution in [1.29, 1.82) is 0 Å². The van der Waals surface area contributed by atoms with Crippen LogP contribution in [0.3, 0.4) is 0 Å². The second-order valence-electron chi connectivity index (χ2n) is 20.4. The van der Waals surface area contributed by atoms with Crippen molar-refractivity contribution in [3.8, 4) is 0 Å². The van der Waals surface area contributed by atoms with E-state index in [1.165, 1.54) is 135 Å². The first-order valence-electron chi connectivity index (χ1n) is 29.4. The molecule has 0 aliphatic carbocycles. The van der Waals surface area contributed by atoms with Crippen LogP contribution < -0.4 is 5.32 Å². The molecule has 0 spiro atoms. The van der Waals surface area contributed by atoms with Crippen LogP contribution in [0.25, 0.3) is 0 Å². The highest BCUT2D eigenvalue weighted by Gasteiger charge is 2.47. The molecule has 0 aromatic carbocycles. The van der Waals surface area contributed by atoms with Gasteiger partial charge in [0.15, 0.2) is 12.4 Å². The minimum atomic E-state index is -1.62. The Morgan fingerprint density at radius 2 is 0.972 bits per heavy atom. The number of carbonyl (C=O) groups excluding carboxylic acids is 2. The van der Waals surface area contributed by atoms with Gasteiger partial charge in [0, 0.05) is 6.42 Å². The predicted molar refractivity (Wildman–Crippen MR) is 292 cm³/mol. The zero-order valence-corrected chi connectivity index (χ0v) is 45.6. The predicted octanol–water partition coefficient (Wildman–Crippen LogP) is 13.3. The Morgan fingerprint density at radius 1 is 0.549 bits per heavy atom. The molecule has 71 heavy (non-hydrogen) atoms. The molecule has 0 aromatic rings. The highest BCUT2D eigenvalue weighted by molar-refractivity contribution is 5.80. The number of esters is 1. The fraction of sp³-hybridized carbons (Fsp3) is 0.833. The first-order chi connectivity index (χ1) is 34.7. The standard InChI is InChI=1S/C60H109NO10/c1-4-7-10-13-16-19-22-24-25-26-27-28-30-32-35-38-41-44-47-53(64)59(68)61-51(52(63)46-43-40-37-34-31-21-18-15-12-9-6-3)50-69-60-58(57(67)56(66)54(49-62)70-60)71-55(65)48-45-42-39-36-33-29-23-20-17-14-11-8-5-2/h16,19,24-25,29,33,43,46,51-54,56-58,60,62-64,66-67H,4-15,17-18,20-23,26-28,30-32,34-42,44-45,47-50H2,1-3H3,(H,61,68)/b19-16-,25-24-,33-29-,46-43+. The fourth-order valence-electron chi connectivity index (χ4n) is 8.97. The molecular weight excluding hydrogens is 895 g/mol. The largest absolute Gasteiger partial charge is 0.454 e. The minimum absolute atomic E-state index is 0.103. The second kappa shape index (κ2) is 48.6. The number of aliphatic hydroxyl groups excluding tert-OH is 5. The summed E-state index contributed by atoms with van der Waals surface area (Å²) in [4.78, 5) is 26.4. The van der Waals surface area contributed by atoms with Crippen LogP contribution in [0.4, 0.5) is 0 Å². The molecule has 1 fully saturated rings. The molecule has 414 valence electrons. The Morgan fingerprint density at radius 3 is 1.48 bits per heavy atom. The molecular formula is C60H109NO10. The van der Waals surface area contributed by atoms with Crippen LogP contribution in [0.1, 0.15) is 258 Å². The Balaban J connectivity index is 2.71. The molecule has 11 heteroatoms. The van der Waals surface area contributed by atoms with E-state index in [2.05, 4.69) is 62.5 Å². The van der Waals surface area contributed by atoms with Crippen molar-refractivity contribution in [3.63, 3.8) is 0 Å². The van der Waals surface area contributed by atoms with Gasteiger partial charge in [-0.05, 0) is 83.5 Å². The Labute approximate surface area is 434 Å². The number of ether oxygens (including phenoxy) is 3. The lowest BCUT2D eigenvalue weighted by atomic mass is 9.99. The molecule has 1 aliphatic rings. The van der Waals surface area contributed by atoms with Crippen molar-refractivity contribution in [2.45, 2.75) is 307 Å². The van der Waals surface area contributed by atoms with Crippen LogP contribution in [0.2, 0.25) is 0 Å². The lowest BCUT2D eigenvalue weighted by molar-refractivity contribution is -0.305. The van der Waals surface area contributed by atoms with Crippen LogP contribution in [0, 0.1) is 0 Å². The number of unbranched alkanes of at least 4 members (excludes halogenated alkanes) is 29. The number of aliphatic hydroxyl groups is 5. The van der Waals surface area contributed by atoms with Gasteiger partial charge in [-0.2, -0.15) is 0 Å². The van der Waals surface area contributed by atoms with Crippen molar-refractivity contribution >= 4 is 11.9 Å². The average molecular weight is 1000 g/mol. The van der Waals surface area contributed by atoms with E-state index in [0.717, 1.165) is 77.0 Å². The van der Waals surface area contributed by atoms with Gasteiger partial charge in [0.1, 0.15) is 24.4 Å². The van der Waals surface area contributed by atoms with Gasteiger partial charge in [-0.15, -0.1) is 0 Å². The molecule has 0 saturated carbocycles. The molecule has 0 radical (unpaired) electrons. The van der Waals surface area contributed by atoms with E-state index >= 15 is 0 Å². The van der Waals surface area contributed by atoms with Crippen molar-refractivity contribution < 1.29 is 49.3 Å². The lowest BCUT2D eigenvalue weighted by Gasteiger charge is -2.41. The summed E-state index contributed by atoms with van der Waals surface area (Å²) in [6, 6.07) is -1.03. The van der Waals surface area contributed by atoms with Gasteiger partial charge in [-0.3, -0.25) is 9.59 Å². The quantitative estimate of drug-likeness (QED) is 0.0195. The lowest BCUT2D eigenvalue weighted by Crippen LogP contribution is -2.61. The molecule has 1 saturated heterocycles. The summed E-state index contributed by atoms with van der Waals surface area (Å²) in [5.74, 6) is -1.21. The monoisotopic (exact) mass is 1000 g/mol. The Kier molecular flexibility index (Phi) is 45.6. The molecule has 1 rings (SSSR count). The van der Waals surface area contributed by atoms with Crippen molar-refractivity contribution in [2.24, 2.45) is 0 Å². The maximum Gasteiger partial charge on any atom is 0.306 e. The van der Waals surface area contributed by atoms with Gasteiger partial charge in [-0.1, -0.05) is 217 Å². The van der Waals surface area contributed by atoms with Gasteiger partial charge in [0.25, 0.3) is 0 Å². The zero-order chi connectivity index (χ0) is 51.8. The van der Waals surface area contributed by atoms with Crippen molar-refractivity contribution in [1.82, 2.24) is 5.32 Å². The number of carbonyl (C=O) groups is 2. The third kappa shape index (κ3) is 37.1. The SMILES string of the molecule is CCCCC/C=C\C/C=C\CCCCCCCCCCC(O)C(=O)NC(COC1OC(CO)C(O)C(O)C1OC(=O)CCCCC/C=C\CCCCCCCC)C(O)/C=C/CCCCCCCCCCC. The third-order valence-electron chi connectivity index (χ3n) is 13.7. The van der Waals surface area contributed by atoms with Gasteiger partial charge >= 0.3 is 5.97 Å². The van der Waals surface area contributed by atoms with E-state index in [4.69, 9.17) is 14.2 Å². The number of allylic oxidation sites excluding steroid dienone is 7. The molecule has 8 atom stereocenters. The van der Waals surface area contributed by atoms with Crippen molar-refractivity contribution in [3.05, 3.63) is 48.6 Å². The van der Waals surface area contributed by atoms with Gasteiger partial charge in [0.2, 0.25) is 5.91 Å². The maximum atomic E-state index is 13.4. The van der Waals surface area contributed by atoms with Crippen LogP contribution in [0.15, 0.2) is 48.6 Å². The molecule has 1 amide bonds. The number of hydrogen-bond acceptors (Lipinski definition) is 10. The average Bonchev–Trinajstić information content (AvgIpc) is 3.37. The first kappa shape index (κ1) is 66.6. The van der Waals surface area contributed by atoms with E-state index in [1.54, 1.807) is 6.08 Å². The Hall–Kier alpha value is -2.38. The minimum Gasteiger partial charge on any atom is -0.454 e. The maximum absolute atomic E-state index is 13.4. The van der Waals surface area contributed by atoms with E-state index in [-0.39, 0.29) is 19.4 Å². The van der Waals surface area contributed by atoms with E-state index in [0.29, 0.717) is 12.8 Å². The normalized spacial score (nSPS) is 19.9. The fourth-order valence-corrected chi connectivity index (χ4v) is 8.97. The topological polar surface area (TPSA) is 175 Å². The van der Waals surface area contributed by atoms with Gasteiger partial charge in [0.05, 0.1) is 25.4 Å². The summed E-state index contributed by atoms with van der Waals surface area (Å²) in [5, 5.41) is 56.8. The smallest absolute Gasteiger partial charge is 0.306 e. The van der Waals surface area contributed by atoms with Gasteiger partial charge in [-0.25, -0.2) is 0 Å². The van der Waals surface area contributed by atoms with Gasteiger partial charge < -0.3 is 45.1 Å². The molecule has 0 aromatic heterocycles. The number of nitrogens with one attached hydrogen (secondary N) is 1. The summed E-state index contributed by atoms with van der Waals surface area (Å²) >= 11 is 0.